The summed E-state index contributed by atoms with van der Waals surface area (Å²) >= 11 is 0. The number of Topliss-reactive ketones (excluding diaryl/α,β-unsaturated/α-hetero) is 1. The number of aromatic nitrogens is 1. The normalized spacial score (nSPS) is 12.0. The Balaban J connectivity index is 1.41. The standard InChI is InChI=1S/C26H21F3N2O4S/c1-17(32)31-13-12-20-5-2-19(16-25(20)31)15-23(33)14-18-3-10-24(11-4-18)36(34,35)30-22-8-6-21(7-9-22)26(27,28)29/h2-13,16,30H,14-15H2,1H3. The molecule has 4 aromatic rings. The highest BCUT2D eigenvalue weighted by Gasteiger charge is 2.30. The number of rotatable bonds is 7. The minimum absolute atomic E-state index is 0.00450. The monoisotopic (exact) mass is 514 g/mol. The number of benzene rings is 3. The average Bonchev–Trinajstić information content (AvgIpc) is 3.22. The van der Waals surface area contributed by atoms with Gasteiger partial charge in [0.25, 0.3) is 10.0 Å². The molecule has 0 aliphatic carbocycles. The van der Waals surface area contributed by atoms with Crippen molar-refractivity contribution in [2.45, 2.75) is 30.8 Å². The van der Waals surface area contributed by atoms with Gasteiger partial charge in [0.05, 0.1) is 16.0 Å². The fourth-order valence-corrected chi connectivity index (χ4v) is 4.86. The van der Waals surface area contributed by atoms with Crippen LogP contribution in [0.3, 0.4) is 0 Å². The largest absolute Gasteiger partial charge is 0.416 e. The molecule has 36 heavy (non-hydrogen) atoms. The molecule has 0 atom stereocenters. The van der Waals surface area contributed by atoms with Crippen molar-refractivity contribution in [1.82, 2.24) is 4.57 Å². The highest BCUT2D eigenvalue weighted by molar-refractivity contribution is 7.92. The minimum atomic E-state index is -4.52. The Morgan fingerprint density at radius 1 is 0.861 bits per heavy atom. The lowest BCUT2D eigenvalue weighted by Gasteiger charge is -2.11. The molecule has 4 rings (SSSR count). The molecule has 0 aliphatic heterocycles. The van der Waals surface area contributed by atoms with E-state index in [1.54, 1.807) is 12.3 Å². The Morgan fingerprint density at radius 3 is 2.08 bits per heavy atom. The molecular formula is C26H21F3N2O4S. The second kappa shape index (κ2) is 9.62. The SMILES string of the molecule is CC(=O)n1ccc2ccc(CC(=O)Cc3ccc(S(=O)(=O)Nc4ccc(C(F)(F)F)cc4)cc3)cc21. The van der Waals surface area contributed by atoms with Gasteiger partial charge in [-0.2, -0.15) is 13.2 Å². The van der Waals surface area contributed by atoms with Crippen LogP contribution in [0.4, 0.5) is 18.9 Å². The highest BCUT2D eigenvalue weighted by atomic mass is 32.2. The van der Waals surface area contributed by atoms with Crippen LogP contribution in [0.5, 0.6) is 0 Å². The van der Waals surface area contributed by atoms with Crippen molar-refractivity contribution in [2.75, 3.05) is 4.72 Å². The molecule has 6 nitrogen and oxygen atoms in total. The summed E-state index contributed by atoms with van der Waals surface area (Å²) in [4.78, 5) is 24.3. The van der Waals surface area contributed by atoms with Gasteiger partial charge in [0.15, 0.2) is 0 Å². The number of anilines is 1. The second-order valence-corrected chi connectivity index (χ2v) is 10.00. The van der Waals surface area contributed by atoms with E-state index in [0.29, 0.717) is 5.56 Å². The zero-order valence-electron chi connectivity index (χ0n) is 19.0. The third-order valence-electron chi connectivity index (χ3n) is 5.60. The molecule has 0 radical (unpaired) electrons. The van der Waals surface area contributed by atoms with Crippen LogP contribution < -0.4 is 4.72 Å². The van der Waals surface area contributed by atoms with E-state index >= 15 is 0 Å². The smallest absolute Gasteiger partial charge is 0.299 e. The Bertz CT molecular complexity index is 1540. The molecule has 1 N–H and O–H groups in total. The van der Waals surface area contributed by atoms with Crippen molar-refractivity contribution in [3.63, 3.8) is 0 Å². The van der Waals surface area contributed by atoms with E-state index in [-0.39, 0.29) is 35.1 Å². The van der Waals surface area contributed by atoms with Gasteiger partial charge in [-0.1, -0.05) is 24.3 Å². The van der Waals surface area contributed by atoms with Crippen molar-refractivity contribution in [3.8, 4) is 0 Å². The summed E-state index contributed by atoms with van der Waals surface area (Å²) < 4.78 is 67.0. The van der Waals surface area contributed by atoms with Crippen LogP contribution >= 0.6 is 0 Å². The summed E-state index contributed by atoms with van der Waals surface area (Å²) in [6.45, 7) is 1.46. The van der Waals surface area contributed by atoms with Gasteiger partial charge in [0.1, 0.15) is 5.78 Å². The maximum Gasteiger partial charge on any atom is 0.416 e. The van der Waals surface area contributed by atoms with Gasteiger partial charge in [-0.15, -0.1) is 0 Å². The van der Waals surface area contributed by atoms with Gasteiger partial charge in [-0.25, -0.2) is 8.42 Å². The number of alkyl halides is 3. The fourth-order valence-electron chi connectivity index (χ4n) is 3.80. The molecule has 0 unspecified atom stereocenters. The van der Waals surface area contributed by atoms with Crippen molar-refractivity contribution in [1.29, 1.82) is 0 Å². The van der Waals surface area contributed by atoms with Gasteiger partial charge in [-0.3, -0.25) is 18.9 Å². The molecular weight excluding hydrogens is 493 g/mol. The minimum Gasteiger partial charge on any atom is -0.299 e. The van der Waals surface area contributed by atoms with E-state index in [1.807, 2.05) is 18.2 Å². The first-order valence-corrected chi connectivity index (χ1v) is 12.3. The van der Waals surface area contributed by atoms with Crippen LogP contribution in [0.15, 0.2) is 83.9 Å². The number of carbonyl (C=O) groups is 2. The quantitative estimate of drug-likeness (QED) is 0.354. The number of nitrogens with one attached hydrogen (secondary N) is 1. The summed E-state index contributed by atoms with van der Waals surface area (Å²) in [6.07, 6.45) is -2.61. The maximum atomic E-state index is 12.7. The first kappa shape index (κ1) is 25.2. The molecule has 10 heteroatoms. The van der Waals surface area contributed by atoms with Crippen molar-refractivity contribution in [2.24, 2.45) is 0 Å². The van der Waals surface area contributed by atoms with Crippen LogP contribution in [0, 0.1) is 0 Å². The van der Waals surface area contributed by atoms with Gasteiger partial charge in [-0.05, 0) is 59.7 Å². The predicted octanol–water partition coefficient (Wildman–Crippen LogP) is 5.48. The Kier molecular flexibility index (Phi) is 6.73. The number of hydrogen-bond acceptors (Lipinski definition) is 4. The summed E-state index contributed by atoms with van der Waals surface area (Å²) in [5.41, 5.74) is 1.21. The number of halogens is 3. The number of sulfonamides is 1. The fraction of sp³-hybridized carbons (Fsp3) is 0.154. The van der Waals surface area contributed by atoms with Crippen LogP contribution in [-0.4, -0.2) is 24.7 Å². The summed E-state index contributed by atoms with van der Waals surface area (Å²) in [7, 11) is -4.03. The van der Waals surface area contributed by atoms with Crippen LogP contribution in [0.2, 0.25) is 0 Å². The van der Waals surface area contributed by atoms with Gasteiger partial charge in [0.2, 0.25) is 5.91 Å². The van der Waals surface area contributed by atoms with Crippen LogP contribution in [0.1, 0.15) is 28.4 Å². The maximum absolute atomic E-state index is 12.7. The van der Waals surface area contributed by atoms with Gasteiger partial charge in [0, 0.05) is 37.0 Å². The van der Waals surface area contributed by atoms with Crippen LogP contribution in [0.25, 0.3) is 10.9 Å². The van der Waals surface area contributed by atoms with Crippen molar-refractivity contribution < 1.29 is 31.2 Å². The summed E-state index contributed by atoms with van der Waals surface area (Å²) in [6, 6.07) is 16.7. The zero-order valence-corrected chi connectivity index (χ0v) is 19.9. The van der Waals surface area contributed by atoms with E-state index in [0.717, 1.165) is 40.7 Å². The third kappa shape index (κ3) is 5.65. The molecule has 0 aliphatic rings. The Labute approximate surface area is 205 Å². The molecule has 1 aromatic heterocycles. The summed E-state index contributed by atoms with van der Waals surface area (Å²) in [5, 5.41) is 0.892. The van der Waals surface area contributed by atoms with Crippen molar-refractivity contribution in [3.05, 3.63) is 95.7 Å². The molecule has 0 fully saturated rings. The van der Waals surface area contributed by atoms with E-state index in [2.05, 4.69) is 4.72 Å². The second-order valence-electron chi connectivity index (χ2n) is 8.31. The molecule has 0 saturated heterocycles. The third-order valence-corrected chi connectivity index (χ3v) is 6.99. The molecule has 0 bridgehead atoms. The number of nitrogens with zero attached hydrogens (tertiary/aromatic N) is 1. The number of hydrogen-bond donors (Lipinski definition) is 1. The highest BCUT2D eigenvalue weighted by Crippen LogP contribution is 2.30. The molecule has 0 amide bonds. The first-order valence-electron chi connectivity index (χ1n) is 10.8. The van der Waals surface area contributed by atoms with E-state index in [4.69, 9.17) is 0 Å². The lowest BCUT2D eigenvalue weighted by atomic mass is 10.0. The topological polar surface area (TPSA) is 85.2 Å². The van der Waals surface area contributed by atoms with E-state index in [9.17, 15) is 31.2 Å². The Morgan fingerprint density at radius 2 is 1.47 bits per heavy atom. The molecule has 186 valence electrons. The van der Waals surface area contributed by atoms with Crippen LogP contribution in [-0.2, 0) is 33.8 Å². The Hall–Kier alpha value is -3.92. The van der Waals surface area contributed by atoms with E-state index < -0.39 is 21.8 Å². The number of fused-ring (bicyclic) bond motifs is 1. The van der Waals surface area contributed by atoms with Gasteiger partial charge < -0.3 is 0 Å². The zero-order chi connectivity index (χ0) is 26.1. The van der Waals surface area contributed by atoms with E-state index in [1.165, 1.54) is 35.8 Å². The molecule has 0 spiro atoms. The number of carbonyl (C=O) groups excluding carboxylic acids is 2. The lowest BCUT2D eigenvalue weighted by molar-refractivity contribution is -0.137. The predicted molar refractivity (Wildman–Crippen MR) is 129 cm³/mol. The lowest BCUT2D eigenvalue weighted by Crippen LogP contribution is -2.13. The van der Waals surface area contributed by atoms with Crippen molar-refractivity contribution >= 4 is 38.3 Å². The average molecular weight is 515 g/mol. The van der Waals surface area contributed by atoms with Gasteiger partial charge >= 0.3 is 6.18 Å². The first-order chi connectivity index (χ1) is 16.9. The number of ketones is 1. The molecule has 1 heterocycles. The molecule has 0 saturated carbocycles. The summed E-state index contributed by atoms with van der Waals surface area (Å²) in [5.74, 6) is -0.218. The molecule has 3 aromatic carbocycles.